The van der Waals surface area contributed by atoms with Gasteiger partial charge in [-0.05, 0) is 31.0 Å². The van der Waals surface area contributed by atoms with E-state index in [1.807, 2.05) is 6.92 Å². The second-order valence-corrected chi connectivity index (χ2v) is 5.95. The summed E-state index contributed by atoms with van der Waals surface area (Å²) in [5.41, 5.74) is 0.850. The van der Waals surface area contributed by atoms with Crippen LogP contribution in [-0.4, -0.2) is 20.0 Å². The number of sulfone groups is 1. The van der Waals surface area contributed by atoms with Crippen LogP contribution in [0.3, 0.4) is 0 Å². The van der Waals surface area contributed by atoms with Crippen LogP contribution < -0.4 is 0 Å². The Labute approximate surface area is 96.4 Å². The fraction of sp³-hybridized carbons (Fsp3) is 0.417. The maximum atomic E-state index is 11.7. The number of carbonyl (C=O) groups excluding carboxylic acids is 1. The zero-order valence-corrected chi connectivity index (χ0v) is 10.4. The average molecular weight is 240 g/mol. The zero-order chi connectivity index (χ0) is 12.2. The van der Waals surface area contributed by atoms with E-state index in [1.54, 1.807) is 24.3 Å². The number of ketones is 1. The van der Waals surface area contributed by atoms with Crippen LogP contribution in [0.25, 0.3) is 0 Å². The van der Waals surface area contributed by atoms with Crippen molar-refractivity contribution in [2.45, 2.75) is 31.6 Å². The molecule has 0 aromatic heterocycles. The van der Waals surface area contributed by atoms with E-state index in [2.05, 4.69) is 0 Å². The molecular weight excluding hydrogens is 224 g/mol. The minimum atomic E-state index is -3.14. The fourth-order valence-corrected chi connectivity index (χ4v) is 2.81. The minimum Gasteiger partial charge on any atom is -0.300 e. The molecule has 1 rings (SSSR count). The first-order valence-electron chi connectivity index (χ1n) is 5.27. The lowest BCUT2D eigenvalue weighted by atomic mass is 10.1. The van der Waals surface area contributed by atoms with Crippen molar-refractivity contribution in [1.29, 1.82) is 0 Å². The van der Waals surface area contributed by atoms with E-state index in [-0.39, 0.29) is 11.5 Å². The third-order valence-corrected chi connectivity index (χ3v) is 4.14. The highest BCUT2D eigenvalue weighted by atomic mass is 32.2. The molecule has 0 saturated carbocycles. The number of rotatable bonds is 5. The van der Waals surface area contributed by atoms with Crippen LogP contribution in [0.2, 0.25) is 0 Å². The topological polar surface area (TPSA) is 51.2 Å². The first-order valence-corrected chi connectivity index (χ1v) is 6.92. The quantitative estimate of drug-likeness (QED) is 0.791. The van der Waals surface area contributed by atoms with E-state index in [0.29, 0.717) is 17.7 Å². The van der Waals surface area contributed by atoms with Crippen molar-refractivity contribution in [3.63, 3.8) is 0 Å². The highest BCUT2D eigenvalue weighted by Gasteiger charge is 2.12. The second kappa shape index (κ2) is 5.25. The van der Waals surface area contributed by atoms with Gasteiger partial charge in [-0.15, -0.1) is 0 Å². The molecule has 0 heterocycles. The largest absolute Gasteiger partial charge is 0.300 e. The summed E-state index contributed by atoms with van der Waals surface area (Å²) in [5, 5.41) is 0. The number of hydrogen-bond acceptors (Lipinski definition) is 3. The predicted octanol–water partition coefficient (Wildman–Crippen LogP) is 2.00. The van der Waals surface area contributed by atoms with Crippen LogP contribution >= 0.6 is 0 Å². The molecule has 0 N–H and O–H groups in total. The van der Waals surface area contributed by atoms with Gasteiger partial charge in [0.05, 0.1) is 10.6 Å². The number of carbonyl (C=O) groups is 1. The average Bonchev–Trinajstić information content (AvgIpc) is 2.17. The molecule has 0 spiro atoms. The van der Waals surface area contributed by atoms with Crippen molar-refractivity contribution in [3.8, 4) is 0 Å². The van der Waals surface area contributed by atoms with Gasteiger partial charge in [0.25, 0.3) is 0 Å². The molecule has 0 unspecified atom stereocenters. The first-order chi connectivity index (χ1) is 7.45. The van der Waals surface area contributed by atoms with Crippen LogP contribution in [0.15, 0.2) is 29.2 Å². The fourth-order valence-electron chi connectivity index (χ4n) is 1.49. The molecule has 0 saturated heterocycles. The molecular formula is C12H16O3S. The Morgan fingerprint density at radius 1 is 1.19 bits per heavy atom. The number of hydrogen-bond donors (Lipinski definition) is 0. The normalized spacial score (nSPS) is 11.4. The maximum absolute atomic E-state index is 11.7. The van der Waals surface area contributed by atoms with Crippen molar-refractivity contribution >= 4 is 15.6 Å². The van der Waals surface area contributed by atoms with Gasteiger partial charge in [-0.1, -0.05) is 19.1 Å². The Bertz CT molecular complexity index is 458. The second-order valence-electron chi connectivity index (χ2n) is 3.84. The standard InChI is InChI=1S/C12H16O3S/c1-3-8-16(14,15)12-6-4-11(5-7-12)9-10(2)13/h4-7H,3,8-9H2,1-2H3. The lowest BCUT2D eigenvalue weighted by Crippen LogP contribution is -2.06. The summed E-state index contributed by atoms with van der Waals surface area (Å²) in [4.78, 5) is 11.2. The third-order valence-electron chi connectivity index (χ3n) is 2.21. The van der Waals surface area contributed by atoms with E-state index in [0.717, 1.165) is 5.56 Å². The van der Waals surface area contributed by atoms with Gasteiger partial charge < -0.3 is 0 Å². The van der Waals surface area contributed by atoms with Crippen molar-refractivity contribution < 1.29 is 13.2 Å². The van der Waals surface area contributed by atoms with Gasteiger partial charge in [0, 0.05) is 6.42 Å². The lowest BCUT2D eigenvalue weighted by molar-refractivity contribution is -0.116. The summed E-state index contributed by atoms with van der Waals surface area (Å²) in [6.07, 6.45) is 0.964. The molecule has 0 atom stereocenters. The van der Waals surface area contributed by atoms with Crippen molar-refractivity contribution in [1.82, 2.24) is 0 Å². The molecule has 3 nitrogen and oxygen atoms in total. The molecule has 0 fully saturated rings. The monoisotopic (exact) mass is 240 g/mol. The smallest absolute Gasteiger partial charge is 0.178 e. The third kappa shape index (κ3) is 3.45. The van der Waals surface area contributed by atoms with Crippen molar-refractivity contribution in [3.05, 3.63) is 29.8 Å². The van der Waals surface area contributed by atoms with E-state index in [4.69, 9.17) is 0 Å². The molecule has 0 aliphatic rings. The summed E-state index contributed by atoms with van der Waals surface area (Å²) in [5.74, 6) is 0.239. The molecule has 0 aliphatic heterocycles. The van der Waals surface area contributed by atoms with Crippen LogP contribution in [0.5, 0.6) is 0 Å². The SMILES string of the molecule is CCCS(=O)(=O)c1ccc(CC(C)=O)cc1. The van der Waals surface area contributed by atoms with Gasteiger partial charge in [0.15, 0.2) is 9.84 Å². The highest BCUT2D eigenvalue weighted by Crippen LogP contribution is 2.13. The summed E-state index contributed by atoms with van der Waals surface area (Å²) in [6.45, 7) is 3.35. The zero-order valence-electron chi connectivity index (χ0n) is 9.56. The molecule has 0 aliphatic carbocycles. The molecule has 0 radical (unpaired) electrons. The summed E-state index contributed by atoms with van der Waals surface area (Å²) in [7, 11) is -3.14. The van der Waals surface area contributed by atoms with Crippen LogP contribution in [-0.2, 0) is 21.1 Å². The Morgan fingerprint density at radius 3 is 2.19 bits per heavy atom. The molecule has 4 heteroatoms. The van der Waals surface area contributed by atoms with Crippen molar-refractivity contribution in [2.75, 3.05) is 5.75 Å². The van der Waals surface area contributed by atoms with E-state index in [9.17, 15) is 13.2 Å². The van der Waals surface area contributed by atoms with Crippen molar-refractivity contribution in [2.24, 2.45) is 0 Å². The minimum absolute atomic E-state index is 0.0733. The number of Topliss-reactive ketones (excluding diaryl/α,β-unsaturated/α-hetero) is 1. The number of benzene rings is 1. The summed E-state index contributed by atoms with van der Waals surface area (Å²) < 4.78 is 23.4. The van der Waals surface area contributed by atoms with Gasteiger partial charge in [0.2, 0.25) is 0 Å². The van der Waals surface area contributed by atoms with E-state index in [1.165, 1.54) is 6.92 Å². The highest BCUT2D eigenvalue weighted by molar-refractivity contribution is 7.91. The van der Waals surface area contributed by atoms with Gasteiger partial charge in [-0.25, -0.2) is 8.42 Å². The molecule has 88 valence electrons. The van der Waals surface area contributed by atoms with E-state index < -0.39 is 9.84 Å². The Kier molecular flexibility index (Phi) is 4.24. The predicted molar refractivity (Wildman–Crippen MR) is 63.2 cm³/mol. The lowest BCUT2D eigenvalue weighted by Gasteiger charge is -2.03. The van der Waals surface area contributed by atoms with Gasteiger partial charge >= 0.3 is 0 Å². The van der Waals surface area contributed by atoms with Gasteiger partial charge in [-0.2, -0.15) is 0 Å². The van der Waals surface area contributed by atoms with Crippen LogP contribution in [0.1, 0.15) is 25.8 Å². The van der Waals surface area contributed by atoms with Crippen LogP contribution in [0, 0.1) is 0 Å². The molecule has 16 heavy (non-hydrogen) atoms. The van der Waals surface area contributed by atoms with Crippen LogP contribution in [0.4, 0.5) is 0 Å². The molecule has 0 bridgehead atoms. The van der Waals surface area contributed by atoms with Gasteiger partial charge in [0.1, 0.15) is 5.78 Å². The van der Waals surface area contributed by atoms with Gasteiger partial charge in [-0.3, -0.25) is 4.79 Å². The Balaban J connectivity index is 2.91. The maximum Gasteiger partial charge on any atom is 0.178 e. The summed E-state index contributed by atoms with van der Waals surface area (Å²) >= 11 is 0. The van der Waals surface area contributed by atoms with E-state index >= 15 is 0 Å². The Hall–Kier alpha value is -1.16. The first kappa shape index (κ1) is 12.9. The Morgan fingerprint density at radius 2 is 1.75 bits per heavy atom. The molecule has 1 aromatic rings. The molecule has 0 amide bonds. The summed E-state index contributed by atoms with van der Waals surface area (Å²) in [6, 6.07) is 6.54. The molecule has 1 aromatic carbocycles.